The van der Waals surface area contributed by atoms with E-state index in [9.17, 15) is 15.3 Å². The van der Waals surface area contributed by atoms with Crippen molar-refractivity contribution < 1.29 is 9.53 Å². The Morgan fingerprint density at radius 2 is 2.07 bits per heavy atom. The number of nitriles is 2. The van der Waals surface area contributed by atoms with Crippen molar-refractivity contribution in [3.05, 3.63) is 50.9 Å². The number of hydrogen-bond acceptors (Lipinski definition) is 5. The van der Waals surface area contributed by atoms with Gasteiger partial charge in [0.1, 0.15) is 28.5 Å². The predicted molar refractivity (Wildman–Crippen MR) is 106 cm³/mol. The fourth-order valence-corrected chi connectivity index (χ4v) is 4.48. The van der Waals surface area contributed by atoms with E-state index in [1.54, 1.807) is 25.3 Å². The van der Waals surface area contributed by atoms with Gasteiger partial charge in [0.05, 0.1) is 12.7 Å². The number of benzene rings is 1. The third-order valence-corrected chi connectivity index (χ3v) is 5.81. The first-order chi connectivity index (χ1) is 13.1. The topological polar surface area (TPSA) is 85.9 Å². The minimum absolute atomic E-state index is 0.00479. The van der Waals surface area contributed by atoms with E-state index in [1.165, 1.54) is 16.2 Å². The number of fused-ring (bicyclic) bond motifs is 1. The van der Waals surface area contributed by atoms with Crippen LogP contribution in [0.3, 0.4) is 0 Å². The van der Waals surface area contributed by atoms with E-state index in [0.29, 0.717) is 10.6 Å². The normalized spacial score (nSPS) is 13.3. The van der Waals surface area contributed by atoms with Crippen LogP contribution < -0.4 is 10.1 Å². The minimum Gasteiger partial charge on any atom is -0.496 e. The molecule has 1 aromatic carbocycles. The van der Waals surface area contributed by atoms with Crippen LogP contribution in [0.25, 0.3) is 6.08 Å². The number of ether oxygens (including phenoxy) is 1. The van der Waals surface area contributed by atoms with Gasteiger partial charge in [0.25, 0.3) is 5.91 Å². The van der Waals surface area contributed by atoms with Gasteiger partial charge in [-0.25, -0.2) is 0 Å². The highest BCUT2D eigenvalue weighted by molar-refractivity contribution is 7.16. The zero-order chi connectivity index (χ0) is 19.4. The van der Waals surface area contributed by atoms with Gasteiger partial charge < -0.3 is 10.1 Å². The number of anilines is 1. The lowest BCUT2D eigenvalue weighted by Crippen LogP contribution is -2.13. The van der Waals surface area contributed by atoms with Crippen LogP contribution in [0, 0.1) is 29.6 Å². The lowest BCUT2D eigenvalue weighted by molar-refractivity contribution is -0.112. The van der Waals surface area contributed by atoms with Crippen molar-refractivity contribution in [2.75, 3.05) is 12.4 Å². The van der Waals surface area contributed by atoms with E-state index in [0.717, 1.165) is 48.1 Å². The van der Waals surface area contributed by atoms with Crippen LogP contribution in [-0.4, -0.2) is 13.0 Å². The molecule has 6 heteroatoms. The Morgan fingerprint density at radius 1 is 1.30 bits per heavy atom. The maximum Gasteiger partial charge on any atom is 0.266 e. The molecule has 1 aromatic heterocycles. The highest BCUT2D eigenvalue weighted by atomic mass is 32.1. The summed E-state index contributed by atoms with van der Waals surface area (Å²) in [4.78, 5) is 13.8. The molecule has 0 fully saturated rings. The van der Waals surface area contributed by atoms with Crippen molar-refractivity contribution in [1.29, 1.82) is 10.5 Å². The number of carbonyl (C=O) groups excluding carboxylic acids is 1. The zero-order valence-electron chi connectivity index (χ0n) is 15.3. The molecule has 0 bridgehead atoms. The molecule has 1 amide bonds. The fourth-order valence-electron chi connectivity index (χ4n) is 3.25. The molecule has 1 aliphatic rings. The number of carbonyl (C=O) groups is 1. The Morgan fingerprint density at radius 3 is 2.74 bits per heavy atom. The van der Waals surface area contributed by atoms with E-state index >= 15 is 0 Å². The second-order valence-electron chi connectivity index (χ2n) is 6.38. The molecule has 0 atom stereocenters. The number of hydrogen-bond donors (Lipinski definition) is 1. The number of nitrogens with zero attached hydrogens (tertiary/aromatic N) is 2. The smallest absolute Gasteiger partial charge is 0.266 e. The van der Waals surface area contributed by atoms with Gasteiger partial charge in [-0.3, -0.25) is 4.79 Å². The molecule has 1 heterocycles. The van der Waals surface area contributed by atoms with E-state index in [2.05, 4.69) is 11.4 Å². The Labute approximate surface area is 162 Å². The molecule has 1 N–H and O–H groups in total. The average molecular weight is 377 g/mol. The quantitative estimate of drug-likeness (QED) is 0.633. The summed E-state index contributed by atoms with van der Waals surface area (Å²) >= 11 is 1.45. The molecular formula is C21H19N3O2S. The van der Waals surface area contributed by atoms with Gasteiger partial charge in [0.2, 0.25) is 0 Å². The van der Waals surface area contributed by atoms with Crippen LogP contribution in [0.1, 0.15) is 40.0 Å². The minimum atomic E-state index is -0.499. The van der Waals surface area contributed by atoms with E-state index in [1.807, 2.05) is 19.1 Å². The zero-order valence-corrected chi connectivity index (χ0v) is 16.1. The van der Waals surface area contributed by atoms with E-state index < -0.39 is 5.91 Å². The first-order valence-electron chi connectivity index (χ1n) is 8.69. The number of methoxy groups -OCH3 is 1. The van der Waals surface area contributed by atoms with Crippen LogP contribution in [0.15, 0.2) is 23.8 Å². The standard InChI is InChI=1S/C21H19N3O2S/c1-13-9-14(7-8-18(13)26-2)10-15(11-22)20(25)24-21-17(12-23)16-5-3-4-6-19(16)27-21/h7-10H,3-6H2,1-2H3,(H,24,25). The van der Waals surface area contributed by atoms with Crippen molar-refractivity contribution in [2.24, 2.45) is 0 Å². The van der Waals surface area contributed by atoms with Crippen LogP contribution >= 0.6 is 11.3 Å². The summed E-state index contributed by atoms with van der Waals surface area (Å²) in [6, 6.07) is 9.62. The van der Waals surface area contributed by atoms with Crippen LogP contribution in [-0.2, 0) is 17.6 Å². The van der Waals surface area contributed by atoms with Gasteiger partial charge >= 0.3 is 0 Å². The average Bonchev–Trinajstić information content (AvgIpc) is 3.02. The summed E-state index contributed by atoms with van der Waals surface area (Å²) in [7, 11) is 1.60. The Balaban J connectivity index is 1.86. The van der Waals surface area contributed by atoms with Crippen LogP contribution in [0.4, 0.5) is 5.00 Å². The summed E-state index contributed by atoms with van der Waals surface area (Å²) in [5.74, 6) is 0.249. The molecule has 0 unspecified atom stereocenters. The largest absolute Gasteiger partial charge is 0.496 e. The highest BCUT2D eigenvalue weighted by Gasteiger charge is 2.22. The summed E-state index contributed by atoms with van der Waals surface area (Å²) in [5, 5.41) is 22.2. The Hall–Kier alpha value is -3.09. The van der Waals surface area contributed by atoms with Crippen LogP contribution in [0.2, 0.25) is 0 Å². The van der Waals surface area contributed by atoms with Gasteiger partial charge in [-0.15, -0.1) is 11.3 Å². The molecule has 1 aliphatic carbocycles. The summed E-state index contributed by atoms with van der Waals surface area (Å²) in [6.07, 6.45) is 5.52. The molecule has 5 nitrogen and oxygen atoms in total. The molecule has 27 heavy (non-hydrogen) atoms. The van der Waals surface area contributed by atoms with Crippen molar-refractivity contribution in [3.8, 4) is 17.9 Å². The van der Waals surface area contributed by atoms with E-state index in [-0.39, 0.29) is 5.57 Å². The van der Waals surface area contributed by atoms with Gasteiger partial charge in [-0.1, -0.05) is 6.07 Å². The maximum absolute atomic E-state index is 12.6. The lowest BCUT2D eigenvalue weighted by Gasteiger charge is -2.09. The molecule has 2 aromatic rings. The second kappa shape index (κ2) is 8.07. The molecule has 0 radical (unpaired) electrons. The first-order valence-corrected chi connectivity index (χ1v) is 9.51. The van der Waals surface area contributed by atoms with Crippen molar-refractivity contribution in [3.63, 3.8) is 0 Å². The maximum atomic E-state index is 12.6. The molecule has 0 saturated carbocycles. The van der Waals surface area contributed by atoms with Gasteiger partial charge in [-0.05, 0) is 67.5 Å². The second-order valence-corrected chi connectivity index (χ2v) is 7.48. The molecule has 136 valence electrons. The SMILES string of the molecule is COc1ccc(C=C(C#N)C(=O)Nc2sc3c(c2C#N)CCCC3)cc1C. The van der Waals surface area contributed by atoms with E-state index in [4.69, 9.17) is 4.74 Å². The summed E-state index contributed by atoms with van der Waals surface area (Å²) in [5.41, 5.74) is 3.25. The number of thiophene rings is 1. The predicted octanol–water partition coefficient (Wildman–Crippen LogP) is 4.36. The highest BCUT2D eigenvalue weighted by Crippen LogP contribution is 2.37. The van der Waals surface area contributed by atoms with Gasteiger partial charge in [-0.2, -0.15) is 10.5 Å². The third kappa shape index (κ3) is 3.86. The summed E-state index contributed by atoms with van der Waals surface area (Å²) in [6.45, 7) is 1.90. The molecule has 0 spiro atoms. The Kier molecular flexibility index (Phi) is 5.59. The molecule has 0 saturated heterocycles. The van der Waals surface area contributed by atoms with Crippen molar-refractivity contribution >= 4 is 28.3 Å². The molecular weight excluding hydrogens is 358 g/mol. The lowest BCUT2D eigenvalue weighted by atomic mass is 9.96. The summed E-state index contributed by atoms with van der Waals surface area (Å²) < 4.78 is 5.23. The van der Waals surface area contributed by atoms with Crippen molar-refractivity contribution in [1.82, 2.24) is 0 Å². The van der Waals surface area contributed by atoms with Crippen molar-refractivity contribution in [2.45, 2.75) is 32.6 Å². The number of amides is 1. The fraction of sp³-hybridized carbons (Fsp3) is 0.286. The monoisotopic (exact) mass is 377 g/mol. The van der Waals surface area contributed by atoms with Gasteiger partial charge in [0, 0.05) is 4.88 Å². The number of rotatable bonds is 4. The van der Waals surface area contributed by atoms with Gasteiger partial charge in [0.15, 0.2) is 0 Å². The Bertz CT molecular complexity index is 1010. The first kappa shape index (κ1) is 18.7. The van der Waals surface area contributed by atoms with Crippen LogP contribution in [0.5, 0.6) is 5.75 Å². The molecule has 3 rings (SSSR count). The molecule has 0 aliphatic heterocycles. The third-order valence-electron chi connectivity index (χ3n) is 4.61. The number of nitrogens with one attached hydrogen (secondary N) is 1. The number of aryl methyl sites for hydroxylation is 2.